The van der Waals surface area contributed by atoms with Gasteiger partial charge in [-0.15, -0.1) is 11.3 Å². The third-order valence-corrected chi connectivity index (χ3v) is 5.09. The summed E-state index contributed by atoms with van der Waals surface area (Å²) in [6.45, 7) is 1.32. The molecule has 0 amide bonds. The molecule has 1 atom stereocenters. The molecule has 0 spiro atoms. The number of aromatic nitrogens is 3. The molecule has 0 saturated carbocycles. The van der Waals surface area contributed by atoms with Gasteiger partial charge in [-0.05, 0) is 37.0 Å². The Hall–Kier alpha value is -2.74. The van der Waals surface area contributed by atoms with Crippen LogP contribution in [0, 0.1) is 5.82 Å². The van der Waals surface area contributed by atoms with E-state index in [1.807, 2.05) is 23.7 Å². The highest BCUT2D eigenvalue weighted by Gasteiger charge is 2.16. The van der Waals surface area contributed by atoms with E-state index >= 15 is 0 Å². The molecule has 4 N–H and O–H groups in total. The standard InChI is InChI=1S/C19H23FN6S/c20-15-5-3-14(4-6-15)17(18-23-10-11-27-18)7-9-25-19(21)24-8-1-2-16-12-22-13-26-16/h3-6,10-13,17H,1-2,7-9H2,(H,22,26)(H3,21,24,25). The summed E-state index contributed by atoms with van der Waals surface area (Å²) in [6.07, 6.45) is 7.88. The van der Waals surface area contributed by atoms with Crippen molar-refractivity contribution in [2.45, 2.75) is 25.2 Å². The Morgan fingerprint density at radius 1 is 1.33 bits per heavy atom. The van der Waals surface area contributed by atoms with E-state index in [0.29, 0.717) is 19.0 Å². The number of benzene rings is 1. The zero-order chi connectivity index (χ0) is 18.9. The number of aryl methyl sites for hydroxylation is 1. The largest absolute Gasteiger partial charge is 0.370 e. The monoisotopic (exact) mass is 386 g/mol. The average molecular weight is 387 g/mol. The van der Waals surface area contributed by atoms with Gasteiger partial charge in [-0.2, -0.15) is 0 Å². The molecule has 0 bridgehead atoms. The third kappa shape index (κ3) is 5.89. The maximum atomic E-state index is 13.2. The van der Waals surface area contributed by atoms with Gasteiger partial charge in [0.2, 0.25) is 0 Å². The summed E-state index contributed by atoms with van der Waals surface area (Å²) in [7, 11) is 0. The van der Waals surface area contributed by atoms with Crippen molar-refractivity contribution < 1.29 is 4.39 Å². The number of aliphatic imine (C=N–C) groups is 1. The van der Waals surface area contributed by atoms with Gasteiger partial charge in [0.05, 0.1) is 6.33 Å². The second-order valence-corrected chi connectivity index (χ2v) is 7.06. The number of nitrogens with zero attached hydrogens (tertiary/aromatic N) is 3. The molecular weight excluding hydrogens is 363 g/mol. The number of nitrogens with two attached hydrogens (primary N) is 1. The lowest BCUT2D eigenvalue weighted by molar-refractivity contribution is 0.624. The van der Waals surface area contributed by atoms with Gasteiger partial charge < -0.3 is 16.0 Å². The average Bonchev–Trinajstić information content (AvgIpc) is 3.37. The van der Waals surface area contributed by atoms with Crippen molar-refractivity contribution in [3.63, 3.8) is 0 Å². The molecule has 0 aliphatic heterocycles. The molecule has 0 aliphatic carbocycles. The first-order valence-electron chi connectivity index (χ1n) is 8.88. The Kier molecular flexibility index (Phi) is 6.92. The van der Waals surface area contributed by atoms with Crippen molar-refractivity contribution >= 4 is 17.3 Å². The van der Waals surface area contributed by atoms with Crippen LogP contribution in [-0.2, 0) is 6.42 Å². The van der Waals surface area contributed by atoms with E-state index < -0.39 is 0 Å². The van der Waals surface area contributed by atoms with Crippen LogP contribution in [0.5, 0.6) is 0 Å². The van der Waals surface area contributed by atoms with Gasteiger partial charge in [0.1, 0.15) is 10.8 Å². The molecule has 0 fully saturated rings. The zero-order valence-electron chi connectivity index (χ0n) is 14.9. The number of aromatic amines is 1. The molecule has 27 heavy (non-hydrogen) atoms. The van der Waals surface area contributed by atoms with E-state index in [-0.39, 0.29) is 11.7 Å². The van der Waals surface area contributed by atoms with E-state index in [4.69, 9.17) is 5.73 Å². The van der Waals surface area contributed by atoms with Gasteiger partial charge in [-0.1, -0.05) is 12.1 Å². The topological polar surface area (TPSA) is 92.0 Å². The van der Waals surface area contributed by atoms with Crippen LogP contribution in [0.4, 0.5) is 4.39 Å². The zero-order valence-corrected chi connectivity index (χ0v) is 15.8. The van der Waals surface area contributed by atoms with E-state index in [2.05, 4.69) is 25.3 Å². The fourth-order valence-electron chi connectivity index (χ4n) is 2.83. The molecule has 6 nitrogen and oxygen atoms in total. The number of imidazole rings is 1. The molecule has 0 radical (unpaired) electrons. The Morgan fingerprint density at radius 2 is 2.19 bits per heavy atom. The van der Waals surface area contributed by atoms with Gasteiger partial charge in [0.15, 0.2) is 5.96 Å². The van der Waals surface area contributed by atoms with Gasteiger partial charge in [0.25, 0.3) is 0 Å². The molecule has 2 heterocycles. The fraction of sp³-hybridized carbons (Fsp3) is 0.316. The van der Waals surface area contributed by atoms with Crippen LogP contribution in [0.25, 0.3) is 0 Å². The highest BCUT2D eigenvalue weighted by atomic mass is 32.1. The van der Waals surface area contributed by atoms with Crippen LogP contribution in [0.2, 0.25) is 0 Å². The maximum absolute atomic E-state index is 13.2. The molecule has 3 aromatic rings. The van der Waals surface area contributed by atoms with Gasteiger partial charge >= 0.3 is 0 Å². The van der Waals surface area contributed by atoms with Crippen LogP contribution in [0.1, 0.15) is 35.0 Å². The van der Waals surface area contributed by atoms with Crippen LogP contribution in [-0.4, -0.2) is 34.0 Å². The summed E-state index contributed by atoms with van der Waals surface area (Å²) in [5.41, 5.74) is 8.10. The summed E-state index contributed by atoms with van der Waals surface area (Å²) < 4.78 is 13.2. The van der Waals surface area contributed by atoms with Crippen molar-refractivity contribution in [3.05, 3.63) is 70.4 Å². The van der Waals surface area contributed by atoms with E-state index in [9.17, 15) is 4.39 Å². The number of H-pyrrole nitrogens is 1. The third-order valence-electron chi connectivity index (χ3n) is 4.20. The molecule has 2 aromatic heterocycles. The van der Waals surface area contributed by atoms with Crippen molar-refractivity contribution in [1.29, 1.82) is 0 Å². The van der Waals surface area contributed by atoms with Crippen LogP contribution < -0.4 is 11.1 Å². The first-order valence-corrected chi connectivity index (χ1v) is 9.76. The first kappa shape index (κ1) is 19.0. The number of hydrogen-bond donors (Lipinski definition) is 3. The predicted octanol–water partition coefficient (Wildman–Crippen LogP) is 3.06. The van der Waals surface area contributed by atoms with E-state index in [0.717, 1.165) is 35.5 Å². The lowest BCUT2D eigenvalue weighted by atomic mass is 9.96. The Bertz CT molecular complexity index is 815. The smallest absolute Gasteiger partial charge is 0.188 e. The number of rotatable bonds is 9. The quantitative estimate of drug-likeness (QED) is 0.299. The van der Waals surface area contributed by atoms with Gasteiger partial charge in [-0.25, -0.2) is 14.4 Å². The summed E-state index contributed by atoms with van der Waals surface area (Å²) in [6, 6.07) is 6.60. The Morgan fingerprint density at radius 3 is 2.89 bits per heavy atom. The molecule has 142 valence electrons. The minimum Gasteiger partial charge on any atom is -0.370 e. The summed E-state index contributed by atoms with van der Waals surface area (Å²) in [4.78, 5) is 15.8. The summed E-state index contributed by atoms with van der Waals surface area (Å²) >= 11 is 1.60. The van der Waals surface area contributed by atoms with Gasteiger partial charge in [0, 0.05) is 42.5 Å². The van der Waals surface area contributed by atoms with Crippen molar-refractivity contribution in [2.75, 3.05) is 13.1 Å². The molecule has 0 aliphatic rings. The van der Waals surface area contributed by atoms with Crippen molar-refractivity contribution in [3.8, 4) is 0 Å². The minimum absolute atomic E-state index is 0.103. The van der Waals surface area contributed by atoms with E-state index in [1.165, 1.54) is 12.1 Å². The van der Waals surface area contributed by atoms with Crippen LogP contribution in [0.3, 0.4) is 0 Å². The van der Waals surface area contributed by atoms with Gasteiger partial charge in [-0.3, -0.25) is 4.99 Å². The number of hydrogen-bond acceptors (Lipinski definition) is 4. The highest BCUT2D eigenvalue weighted by molar-refractivity contribution is 7.09. The molecule has 0 saturated heterocycles. The second kappa shape index (κ2) is 9.82. The number of halogens is 1. The highest BCUT2D eigenvalue weighted by Crippen LogP contribution is 2.29. The fourth-order valence-corrected chi connectivity index (χ4v) is 3.63. The second-order valence-electron chi connectivity index (χ2n) is 6.14. The predicted molar refractivity (Wildman–Crippen MR) is 106 cm³/mol. The van der Waals surface area contributed by atoms with Crippen molar-refractivity contribution in [1.82, 2.24) is 20.3 Å². The minimum atomic E-state index is -0.235. The number of thiazole rings is 1. The molecule has 3 rings (SSSR count). The molecular formula is C19H23FN6S. The molecule has 1 aromatic carbocycles. The lowest BCUT2D eigenvalue weighted by Gasteiger charge is -2.16. The first-order chi connectivity index (χ1) is 13.2. The lowest BCUT2D eigenvalue weighted by Crippen LogP contribution is -2.33. The SMILES string of the molecule is NC(=NCCCc1cnc[nH]1)NCCC(c1ccc(F)cc1)c1nccs1. The van der Waals surface area contributed by atoms with Crippen molar-refractivity contribution in [2.24, 2.45) is 10.7 Å². The molecule has 8 heteroatoms. The normalized spacial score (nSPS) is 12.9. The Labute approximate surface area is 161 Å². The Balaban J connectivity index is 1.48. The van der Waals surface area contributed by atoms with E-state index in [1.54, 1.807) is 23.9 Å². The number of guanidine groups is 1. The van der Waals surface area contributed by atoms with Crippen LogP contribution >= 0.6 is 11.3 Å². The summed E-state index contributed by atoms with van der Waals surface area (Å²) in [5, 5.41) is 6.13. The molecule has 1 unspecified atom stereocenters. The number of nitrogens with one attached hydrogen (secondary N) is 2. The summed E-state index contributed by atoms with van der Waals surface area (Å²) in [5.74, 6) is 0.309. The van der Waals surface area contributed by atoms with Crippen LogP contribution in [0.15, 0.2) is 53.4 Å². The maximum Gasteiger partial charge on any atom is 0.188 e.